The van der Waals surface area contributed by atoms with Crippen LogP contribution in [-0.2, 0) is 7.05 Å². The second-order valence-electron chi connectivity index (χ2n) is 7.42. The normalized spacial score (nSPS) is 11.5. The van der Waals surface area contributed by atoms with E-state index in [1.807, 2.05) is 12.1 Å². The second kappa shape index (κ2) is 6.77. The number of hydrogen-bond donors (Lipinski definition) is 3. The van der Waals surface area contributed by atoms with E-state index in [1.165, 1.54) is 24.8 Å². The number of phenols is 2. The van der Waals surface area contributed by atoms with Crippen LogP contribution in [0.15, 0.2) is 52.2 Å². The second-order valence-corrected chi connectivity index (χ2v) is 7.42. The highest BCUT2D eigenvalue weighted by Gasteiger charge is 2.25. The average molecular weight is 433 g/mol. The first-order valence-electron chi connectivity index (χ1n) is 9.71. The molecule has 10 heteroatoms. The number of fused-ring (bicyclic) bond motifs is 3. The molecular formula is C22H19N5O5. The Morgan fingerprint density at radius 2 is 1.84 bits per heavy atom. The third-order valence-electron chi connectivity index (χ3n) is 5.57. The summed E-state index contributed by atoms with van der Waals surface area (Å²) in [5, 5.41) is 20.9. The largest absolute Gasteiger partial charge is 0.504 e. The number of methoxy groups -OCH3 is 1. The minimum Gasteiger partial charge on any atom is -0.504 e. The highest BCUT2D eigenvalue weighted by molar-refractivity contribution is 5.83. The summed E-state index contributed by atoms with van der Waals surface area (Å²) in [7, 11) is 3.05. The van der Waals surface area contributed by atoms with Gasteiger partial charge in [-0.3, -0.25) is 23.3 Å². The third-order valence-corrected chi connectivity index (χ3v) is 5.57. The molecule has 3 aromatic heterocycles. The lowest BCUT2D eigenvalue weighted by molar-refractivity contribution is 0.404. The number of benzene rings is 2. The fourth-order valence-corrected chi connectivity index (χ4v) is 3.99. The van der Waals surface area contributed by atoms with Gasteiger partial charge in [-0.1, -0.05) is 18.2 Å². The van der Waals surface area contributed by atoms with E-state index in [9.17, 15) is 19.8 Å². The van der Waals surface area contributed by atoms with E-state index in [0.29, 0.717) is 34.0 Å². The summed E-state index contributed by atoms with van der Waals surface area (Å²) < 4.78 is 10.1. The Hall–Kier alpha value is -4.47. The van der Waals surface area contributed by atoms with Crippen molar-refractivity contribution in [1.29, 1.82) is 0 Å². The molecule has 0 aliphatic carbocycles. The molecule has 0 saturated heterocycles. The molecular weight excluding hydrogens is 414 g/mol. The summed E-state index contributed by atoms with van der Waals surface area (Å²) in [5.41, 5.74) is 1.36. The van der Waals surface area contributed by atoms with Gasteiger partial charge < -0.3 is 14.9 Å². The molecule has 5 rings (SSSR count). The maximum atomic E-state index is 12.7. The lowest BCUT2D eigenvalue weighted by Gasteiger charge is -2.15. The summed E-state index contributed by atoms with van der Waals surface area (Å²) in [4.78, 5) is 31.6. The van der Waals surface area contributed by atoms with Crippen molar-refractivity contribution in [2.24, 2.45) is 7.05 Å². The number of aromatic nitrogens is 5. The number of para-hydroxylation sites is 2. The van der Waals surface area contributed by atoms with E-state index < -0.39 is 11.2 Å². The van der Waals surface area contributed by atoms with Gasteiger partial charge >= 0.3 is 5.69 Å². The lowest BCUT2D eigenvalue weighted by atomic mass is 10.0. The van der Waals surface area contributed by atoms with Crippen LogP contribution in [0.4, 0.5) is 0 Å². The number of hydrogen-bond acceptors (Lipinski definition) is 6. The molecule has 162 valence electrons. The zero-order valence-electron chi connectivity index (χ0n) is 17.4. The van der Waals surface area contributed by atoms with E-state index in [1.54, 1.807) is 40.3 Å². The van der Waals surface area contributed by atoms with Gasteiger partial charge in [0.15, 0.2) is 22.7 Å². The quantitative estimate of drug-likeness (QED) is 0.374. The molecule has 3 heterocycles. The Kier molecular flexibility index (Phi) is 4.12. The smallest absolute Gasteiger partial charge is 0.329 e. The minimum atomic E-state index is -0.587. The molecule has 10 nitrogen and oxygen atoms in total. The highest BCUT2D eigenvalue weighted by Crippen LogP contribution is 2.42. The van der Waals surface area contributed by atoms with Crippen LogP contribution in [0.3, 0.4) is 0 Å². The van der Waals surface area contributed by atoms with Crippen molar-refractivity contribution >= 4 is 16.9 Å². The molecule has 0 aliphatic heterocycles. The van der Waals surface area contributed by atoms with Crippen molar-refractivity contribution in [2.75, 3.05) is 7.11 Å². The molecule has 0 atom stereocenters. The van der Waals surface area contributed by atoms with Crippen molar-refractivity contribution in [3.05, 3.63) is 69.0 Å². The Morgan fingerprint density at radius 3 is 2.59 bits per heavy atom. The Bertz CT molecular complexity index is 1650. The van der Waals surface area contributed by atoms with Gasteiger partial charge in [-0.2, -0.15) is 4.98 Å². The van der Waals surface area contributed by atoms with Gasteiger partial charge in [-0.15, -0.1) is 0 Å². The predicted molar refractivity (Wildman–Crippen MR) is 118 cm³/mol. The molecule has 32 heavy (non-hydrogen) atoms. The molecule has 0 aliphatic rings. The van der Waals surface area contributed by atoms with Crippen molar-refractivity contribution in [3.8, 4) is 34.2 Å². The minimum absolute atomic E-state index is 0.175. The van der Waals surface area contributed by atoms with Crippen LogP contribution >= 0.6 is 0 Å². The zero-order valence-corrected chi connectivity index (χ0v) is 17.4. The van der Waals surface area contributed by atoms with Gasteiger partial charge in [-0.25, -0.2) is 4.79 Å². The predicted octanol–water partition coefficient (Wildman–Crippen LogP) is 2.06. The maximum absolute atomic E-state index is 12.7. The Balaban J connectivity index is 2.02. The topological polar surface area (TPSA) is 127 Å². The van der Waals surface area contributed by atoms with E-state index >= 15 is 0 Å². The SMILES string of the molecule is COc1ccccc1-n1c(-c2c(C)ccc(O)c2O)cn2c3c(=O)[nH]c(=O)n(C)c3nc12. The molecule has 3 N–H and O–H groups in total. The van der Waals surface area contributed by atoms with E-state index in [0.717, 1.165) is 0 Å². The third kappa shape index (κ3) is 2.56. The van der Waals surface area contributed by atoms with Crippen LogP contribution in [0.5, 0.6) is 17.2 Å². The molecule has 2 aromatic carbocycles. The number of ether oxygens (including phenoxy) is 1. The van der Waals surface area contributed by atoms with Crippen LogP contribution in [0.2, 0.25) is 0 Å². The van der Waals surface area contributed by atoms with Crippen molar-refractivity contribution in [2.45, 2.75) is 6.92 Å². The summed E-state index contributed by atoms with van der Waals surface area (Å²) in [6.45, 7) is 1.80. The number of nitrogens with one attached hydrogen (secondary N) is 1. The lowest BCUT2D eigenvalue weighted by Crippen LogP contribution is -2.28. The van der Waals surface area contributed by atoms with Crippen LogP contribution < -0.4 is 16.0 Å². The highest BCUT2D eigenvalue weighted by atomic mass is 16.5. The molecule has 0 bridgehead atoms. The molecule has 0 radical (unpaired) electrons. The first-order valence-corrected chi connectivity index (χ1v) is 9.71. The zero-order chi connectivity index (χ0) is 22.7. The standard InChI is InChI=1S/C22H19N5O5/c1-11-8-9-14(28)18(29)16(11)13-10-26-17-19(25(2)22(31)24-20(17)30)23-21(26)27(13)12-6-4-5-7-15(12)32-3/h4-10,28-29H,1-3H3,(H,24,30,31). The van der Waals surface area contributed by atoms with Crippen LogP contribution in [0.1, 0.15) is 5.56 Å². The van der Waals surface area contributed by atoms with Crippen molar-refractivity contribution in [1.82, 2.24) is 23.5 Å². The Labute approximate surface area is 180 Å². The average Bonchev–Trinajstić information content (AvgIpc) is 3.31. The van der Waals surface area contributed by atoms with Crippen LogP contribution in [-0.4, -0.2) is 40.8 Å². The van der Waals surface area contributed by atoms with E-state index in [-0.39, 0.29) is 22.7 Å². The fraction of sp³-hybridized carbons (Fsp3) is 0.136. The van der Waals surface area contributed by atoms with Gasteiger partial charge in [0.2, 0.25) is 5.78 Å². The van der Waals surface area contributed by atoms with Crippen molar-refractivity contribution < 1.29 is 14.9 Å². The van der Waals surface area contributed by atoms with Gasteiger partial charge in [0, 0.05) is 18.8 Å². The van der Waals surface area contributed by atoms with Gasteiger partial charge in [-0.05, 0) is 30.7 Å². The summed E-state index contributed by atoms with van der Waals surface area (Å²) in [5.74, 6) is 0.279. The first kappa shape index (κ1) is 19.5. The van der Waals surface area contributed by atoms with E-state index in [2.05, 4.69) is 9.97 Å². The maximum Gasteiger partial charge on any atom is 0.329 e. The number of rotatable bonds is 3. The summed E-state index contributed by atoms with van der Waals surface area (Å²) in [6, 6.07) is 10.3. The number of aromatic amines is 1. The number of nitrogens with zero attached hydrogens (tertiary/aromatic N) is 4. The fourth-order valence-electron chi connectivity index (χ4n) is 3.99. The van der Waals surface area contributed by atoms with Gasteiger partial charge in [0.05, 0.1) is 18.5 Å². The summed E-state index contributed by atoms with van der Waals surface area (Å²) >= 11 is 0. The molecule has 0 spiro atoms. The summed E-state index contributed by atoms with van der Waals surface area (Å²) in [6.07, 6.45) is 1.64. The Morgan fingerprint density at radius 1 is 1.09 bits per heavy atom. The van der Waals surface area contributed by atoms with Crippen molar-refractivity contribution in [3.63, 3.8) is 0 Å². The number of H-pyrrole nitrogens is 1. The number of phenolic OH excluding ortho intramolecular Hbond substituents is 2. The van der Waals surface area contributed by atoms with Crippen LogP contribution in [0.25, 0.3) is 33.9 Å². The monoisotopic (exact) mass is 433 g/mol. The molecule has 5 aromatic rings. The van der Waals surface area contributed by atoms with Gasteiger partial charge in [0.25, 0.3) is 5.56 Å². The molecule has 0 amide bonds. The molecule has 0 fully saturated rings. The molecule has 0 unspecified atom stereocenters. The first-order chi connectivity index (χ1) is 15.3. The van der Waals surface area contributed by atoms with E-state index in [4.69, 9.17) is 4.74 Å². The number of imidazole rings is 2. The number of aryl methyl sites for hydroxylation is 2. The van der Waals surface area contributed by atoms with Gasteiger partial charge in [0.1, 0.15) is 5.75 Å². The van der Waals surface area contributed by atoms with Crippen LogP contribution in [0, 0.1) is 6.92 Å². The number of aromatic hydroxyl groups is 2. The molecule has 0 saturated carbocycles.